The largest absolute Gasteiger partial charge is 0.344 e. The summed E-state index contributed by atoms with van der Waals surface area (Å²) in [6.45, 7) is 21.6. The van der Waals surface area contributed by atoms with Crippen LogP contribution < -0.4 is 5.32 Å². The molecule has 2 nitrogen and oxygen atoms in total. The number of rotatable bonds is 1. The van der Waals surface area contributed by atoms with Crippen LogP contribution in [0.15, 0.2) is 41.1 Å². The van der Waals surface area contributed by atoms with Crippen molar-refractivity contribution >= 4 is 5.84 Å². The van der Waals surface area contributed by atoms with Crippen LogP contribution in [0.2, 0.25) is 0 Å². The Morgan fingerprint density at radius 1 is 1.24 bits per heavy atom. The second-order valence-corrected chi connectivity index (χ2v) is 4.19. The van der Waals surface area contributed by atoms with E-state index in [0.29, 0.717) is 0 Å². The van der Waals surface area contributed by atoms with E-state index in [2.05, 4.69) is 49.2 Å². The topological polar surface area (TPSA) is 24.4 Å². The Hall–Kier alpha value is -1.75. The molecule has 0 amide bonds. The molecule has 0 bridgehead atoms. The third kappa shape index (κ3) is 9.73. The van der Waals surface area contributed by atoms with Gasteiger partial charge in [-0.25, -0.2) is 0 Å². The van der Waals surface area contributed by atoms with Crippen LogP contribution >= 0.6 is 0 Å². The van der Waals surface area contributed by atoms with Gasteiger partial charge in [0.1, 0.15) is 0 Å². The van der Waals surface area contributed by atoms with Crippen molar-refractivity contribution in [2.24, 2.45) is 4.99 Å². The maximum absolute atomic E-state index is 4.60. The molecule has 0 atom stereocenters. The Morgan fingerprint density at radius 3 is 2.00 bits per heavy atom. The standard InChI is InChI=1S/C12H18N2.C3H4.2C2H6/c1-6-8-10-11(7-2)13-9(3)14-12(10,4)5;1-3-2;2*1-2/h6-8H,1H2,2-5H3,(H,13,14);1H,2H3;2*1-2H3/b10-8+,11-7+;;;. The summed E-state index contributed by atoms with van der Waals surface area (Å²) in [5.41, 5.74) is 2.15. The van der Waals surface area contributed by atoms with E-state index in [9.17, 15) is 0 Å². The number of hydrogen-bond acceptors (Lipinski definition) is 2. The summed E-state index contributed by atoms with van der Waals surface area (Å²) in [5.74, 6) is 3.21. The molecule has 0 saturated heterocycles. The van der Waals surface area contributed by atoms with Crippen molar-refractivity contribution in [1.82, 2.24) is 5.32 Å². The van der Waals surface area contributed by atoms with Gasteiger partial charge in [0.25, 0.3) is 0 Å². The molecule has 0 unspecified atom stereocenters. The summed E-state index contributed by atoms with van der Waals surface area (Å²) >= 11 is 0. The molecule has 0 aromatic heterocycles. The van der Waals surface area contributed by atoms with Gasteiger partial charge in [-0.05, 0) is 34.6 Å². The van der Waals surface area contributed by atoms with Gasteiger partial charge in [-0.2, -0.15) is 0 Å². The lowest BCUT2D eigenvalue weighted by atomic mass is 9.89. The van der Waals surface area contributed by atoms with Crippen LogP contribution in [-0.2, 0) is 0 Å². The highest BCUT2D eigenvalue weighted by Crippen LogP contribution is 2.29. The molecule has 2 heteroatoms. The molecule has 0 saturated carbocycles. The predicted octanol–water partition coefficient (Wildman–Crippen LogP) is 5.49. The van der Waals surface area contributed by atoms with Crippen molar-refractivity contribution in [2.75, 3.05) is 0 Å². The van der Waals surface area contributed by atoms with Crippen molar-refractivity contribution in [2.45, 2.75) is 67.9 Å². The summed E-state index contributed by atoms with van der Waals surface area (Å²) in [4.78, 5) is 4.56. The van der Waals surface area contributed by atoms with Gasteiger partial charge in [-0.1, -0.05) is 52.5 Å². The first kappa shape index (κ1) is 24.3. The van der Waals surface area contributed by atoms with Gasteiger partial charge >= 0.3 is 0 Å². The molecule has 1 N–H and O–H groups in total. The Kier molecular flexibility index (Phi) is 16.9. The lowest BCUT2D eigenvalue weighted by Crippen LogP contribution is -2.37. The van der Waals surface area contributed by atoms with Gasteiger partial charge < -0.3 is 5.32 Å². The highest BCUT2D eigenvalue weighted by Gasteiger charge is 2.28. The van der Waals surface area contributed by atoms with Crippen molar-refractivity contribution in [3.05, 3.63) is 36.1 Å². The van der Waals surface area contributed by atoms with E-state index in [1.54, 1.807) is 13.0 Å². The zero-order valence-electron chi connectivity index (χ0n) is 15.5. The second-order valence-electron chi connectivity index (χ2n) is 4.19. The molecule has 0 fully saturated rings. The number of allylic oxidation sites excluding steroid dienone is 3. The first-order valence-corrected chi connectivity index (χ1v) is 7.63. The first-order chi connectivity index (χ1) is 9.92. The van der Waals surface area contributed by atoms with E-state index >= 15 is 0 Å². The second kappa shape index (κ2) is 14.7. The molecule has 1 heterocycles. The minimum Gasteiger partial charge on any atom is -0.344 e. The average Bonchev–Trinajstić information content (AvgIpc) is 2.46. The van der Waals surface area contributed by atoms with Gasteiger partial charge in [0, 0.05) is 11.3 Å². The Morgan fingerprint density at radius 2 is 1.67 bits per heavy atom. The van der Waals surface area contributed by atoms with Crippen LogP contribution in [0.5, 0.6) is 0 Å². The van der Waals surface area contributed by atoms with Crippen LogP contribution in [0.1, 0.15) is 62.3 Å². The lowest BCUT2D eigenvalue weighted by Gasteiger charge is -2.32. The molecule has 0 aromatic rings. The van der Waals surface area contributed by atoms with Crippen LogP contribution in [0.3, 0.4) is 0 Å². The fraction of sp³-hybridized carbons (Fsp3) is 0.526. The van der Waals surface area contributed by atoms with E-state index in [4.69, 9.17) is 0 Å². The van der Waals surface area contributed by atoms with E-state index in [-0.39, 0.29) is 5.54 Å². The number of hydrogen-bond donors (Lipinski definition) is 1. The molecule has 0 aromatic carbocycles. The maximum atomic E-state index is 4.60. The van der Waals surface area contributed by atoms with Crippen LogP contribution in [-0.4, -0.2) is 11.4 Å². The van der Waals surface area contributed by atoms with E-state index in [1.807, 2.05) is 47.6 Å². The van der Waals surface area contributed by atoms with Crippen molar-refractivity contribution in [3.8, 4) is 12.3 Å². The fourth-order valence-corrected chi connectivity index (χ4v) is 1.74. The van der Waals surface area contributed by atoms with Gasteiger partial charge in [-0.3, -0.25) is 4.99 Å². The third-order valence-corrected chi connectivity index (χ3v) is 2.29. The predicted molar refractivity (Wildman–Crippen MR) is 99.6 cm³/mol. The van der Waals surface area contributed by atoms with E-state index in [0.717, 1.165) is 11.5 Å². The zero-order chi connectivity index (χ0) is 17.5. The first-order valence-electron chi connectivity index (χ1n) is 7.63. The number of nitrogens with zero attached hydrogens (tertiary/aromatic N) is 1. The lowest BCUT2D eigenvalue weighted by molar-refractivity contribution is 0.595. The van der Waals surface area contributed by atoms with Gasteiger partial charge in [0.05, 0.1) is 11.4 Å². The molecular weight excluding hydrogens is 256 g/mol. The average molecular weight is 290 g/mol. The van der Waals surface area contributed by atoms with Crippen LogP contribution in [0.4, 0.5) is 0 Å². The summed E-state index contributed by atoms with van der Waals surface area (Å²) in [6, 6.07) is 0. The van der Waals surface area contributed by atoms with Gasteiger partial charge in [-0.15, -0.1) is 12.3 Å². The minimum atomic E-state index is -0.161. The Bertz CT molecular complexity index is 402. The summed E-state index contributed by atoms with van der Waals surface area (Å²) in [5, 5.41) is 3.25. The highest BCUT2D eigenvalue weighted by atomic mass is 15.1. The summed E-state index contributed by atoms with van der Waals surface area (Å²) in [7, 11) is 0. The minimum absolute atomic E-state index is 0.161. The Labute approximate surface area is 133 Å². The molecule has 0 spiro atoms. The van der Waals surface area contributed by atoms with Crippen molar-refractivity contribution in [3.63, 3.8) is 0 Å². The number of nitrogens with one attached hydrogen (secondary N) is 1. The molecule has 120 valence electrons. The van der Waals surface area contributed by atoms with Crippen LogP contribution in [0, 0.1) is 12.3 Å². The van der Waals surface area contributed by atoms with Gasteiger partial charge in [0.2, 0.25) is 0 Å². The molecule has 0 radical (unpaired) electrons. The molecule has 21 heavy (non-hydrogen) atoms. The van der Waals surface area contributed by atoms with Gasteiger partial charge in [0.15, 0.2) is 0 Å². The molecule has 1 aliphatic heterocycles. The zero-order valence-corrected chi connectivity index (χ0v) is 15.5. The van der Waals surface area contributed by atoms with E-state index < -0.39 is 0 Å². The van der Waals surface area contributed by atoms with Crippen molar-refractivity contribution in [1.29, 1.82) is 0 Å². The smallest absolute Gasteiger partial charge is 0.0986 e. The highest BCUT2D eigenvalue weighted by molar-refractivity contribution is 5.85. The molecule has 1 aliphatic rings. The van der Waals surface area contributed by atoms with E-state index in [1.165, 1.54) is 5.57 Å². The monoisotopic (exact) mass is 290 g/mol. The Balaban J connectivity index is -0.000000399. The molecule has 1 rings (SSSR count). The quantitative estimate of drug-likeness (QED) is 0.634. The maximum Gasteiger partial charge on any atom is 0.0986 e. The molecular formula is C19H34N2. The third-order valence-electron chi connectivity index (χ3n) is 2.29. The number of amidine groups is 1. The number of aliphatic imine (C=N–C) groups is 1. The van der Waals surface area contributed by atoms with Crippen LogP contribution in [0.25, 0.3) is 0 Å². The fourth-order valence-electron chi connectivity index (χ4n) is 1.74. The number of terminal acetylenes is 1. The SMILES string of the molecule is C#CC.C=C/C=C1\C(=C/C)NC(C)=NC1(C)C.CC.CC. The normalized spacial score (nSPS) is 18.2. The summed E-state index contributed by atoms with van der Waals surface area (Å²) in [6.07, 6.45) is 10.5. The van der Waals surface area contributed by atoms with Crippen molar-refractivity contribution < 1.29 is 0 Å². The summed E-state index contributed by atoms with van der Waals surface area (Å²) < 4.78 is 0. The molecule has 0 aliphatic carbocycles.